The number of alkyl halides is 1. The summed E-state index contributed by atoms with van der Waals surface area (Å²) >= 11 is 3.44. The molecule has 0 aromatic carbocycles. The number of hydrogen-bond acceptors (Lipinski definition) is 3. The molecule has 19 heavy (non-hydrogen) atoms. The number of hydrogen-bond donors (Lipinski definition) is 0. The fourth-order valence-corrected chi connectivity index (χ4v) is 2.65. The van der Waals surface area contributed by atoms with Crippen LogP contribution in [0.4, 0.5) is 0 Å². The number of rotatable bonds is 10. The SMILES string of the molecule is O=C(CCCCCCCCCBr)OC1CCCCO1. The number of halogens is 1. The highest BCUT2D eigenvalue weighted by Gasteiger charge is 2.17. The Labute approximate surface area is 125 Å². The average Bonchev–Trinajstić information content (AvgIpc) is 2.43. The van der Waals surface area contributed by atoms with E-state index >= 15 is 0 Å². The molecule has 1 aliphatic heterocycles. The molecule has 112 valence electrons. The predicted octanol–water partition coefficient (Wildman–Crippen LogP) is 4.57. The predicted molar refractivity (Wildman–Crippen MR) is 80.4 cm³/mol. The van der Waals surface area contributed by atoms with E-state index in [1.807, 2.05) is 0 Å². The van der Waals surface area contributed by atoms with Crippen molar-refractivity contribution in [3.8, 4) is 0 Å². The van der Waals surface area contributed by atoms with Crippen LogP contribution in [-0.2, 0) is 14.3 Å². The van der Waals surface area contributed by atoms with Crippen LogP contribution < -0.4 is 0 Å². The fourth-order valence-electron chi connectivity index (χ4n) is 2.26. The smallest absolute Gasteiger partial charge is 0.308 e. The van der Waals surface area contributed by atoms with Crippen molar-refractivity contribution in [1.29, 1.82) is 0 Å². The number of carbonyl (C=O) groups excluding carboxylic acids is 1. The van der Waals surface area contributed by atoms with Gasteiger partial charge in [-0.1, -0.05) is 48.0 Å². The molecule has 1 saturated heterocycles. The van der Waals surface area contributed by atoms with Crippen molar-refractivity contribution >= 4 is 21.9 Å². The molecule has 0 aliphatic carbocycles. The third kappa shape index (κ3) is 9.44. The van der Waals surface area contributed by atoms with Crippen LogP contribution in [0.3, 0.4) is 0 Å². The van der Waals surface area contributed by atoms with Gasteiger partial charge in [0.2, 0.25) is 6.29 Å². The lowest BCUT2D eigenvalue weighted by molar-refractivity contribution is -0.186. The van der Waals surface area contributed by atoms with Crippen molar-refractivity contribution < 1.29 is 14.3 Å². The van der Waals surface area contributed by atoms with Gasteiger partial charge in [0, 0.05) is 18.2 Å². The van der Waals surface area contributed by atoms with Gasteiger partial charge in [-0.05, 0) is 25.7 Å². The summed E-state index contributed by atoms with van der Waals surface area (Å²) in [4.78, 5) is 11.6. The molecule has 1 unspecified atom stereocenters. The second kappa shape index (κ2) is 11.7. The summed E-state index contributed by atoms with van der Waals surface area (Å²) in [5.74, 6) is -0.0915. The van der Waals surface area contributed by atoms with Gasteiger partial charge in [0.05, 0.1) is 6.61 Å². The van der Waals surface area contributed by atoms with Gasteiger partial charge < -0.3 is 9.47 Å². The number of ether oxygens (including phenoxy) is 2. The first kappa shape index (κ1) is 17.0. The van der Waals surface area contributed by atoms with E-state index in [-0.39, 0.29) is 12.3 Å². The molecule has 0 saturated carbocycles. The van der Waals surface area contributed by atoms with E-state index in [0.29, 0.717) is 6.42 Å². The zero-order chi connectivity index (χ0) is 13.8. The highest BCUT2D eigenvalue weighted by Crippen LogP contribution is 2.15. The molecule has 4 heteroatoms. The minimum absolute atomic E-state index is 0.0915. The van der Waals surface area contributed by atoms with Crippen molar-refractivity contribution in [3.05, 3.63) is 0 Å². The zero-order valence-electron chi connectivity index (χ0n) is 11.9. The maximum atomic E-state index is 11.6. The van der Waals surface area contributed by atoms with Crippen LogP contribution in [0, 0.1) is 0 Å². The van der Waals surface area contributed by atoms with E-state index in [9.17, 15) is 4.79 Å². The normalized spacial score (nSPS) is 19.3. The van der Waals surface area contributed by atoms with Crippen molar-refractivity contribution in [1.82, 2.24) is 0 Å². The third-order valence-electron chi connectivity index (χ3n) is 3.42. The van der Waals surface area contributed by atoms with Crippen LogP contribution in [0.5, 0.6) is 0 Å². The molecule has 1 heterocycles. The molecule has 0 radical (unpaired) electrons. The first-order valence-electron chi connectivity index (χ1n) is 7.70. The molecule has 0 N–H and O–H groups in total. The molecule has 1 aliphatic rings. The highest BCUT2D eigenvalue weighted by atomic mass is 79.9. The summed E-state index contributed by atoms with van der Waals surface area (Å²) in [6.07, 6.45) is 11.8. The summed E-state index contributed by atoms with van der Waals surface area (Å²) in [6.45, 7) is 0.729. The van der Waals surface area contributed by atoms with Crippen LogP contribution in [0.1, 0.15) is 70.6 Å². The van der Waals surface area contributed by atoms with Crippen molar-refractivity contribution in [3.63, 3.8) is 0 Å². The van der Waals surface area contributed by atoms with Crippen LogP contribution in [-0.4, -0.2) is 24.2 Å². The Morgan fingerprint density at radius 3 is 2.37 bits per heavy atom. The Morgan fingerprint density at radius 1 is 1.05 bits per heavy atom. The second-order valence-corrected chi connectivity index (χ2v) is 5.99. The molecule has 1 fully saturated rings. The first-order chi connectivity index (χ1) is 9.33. The van der Waals surface area contributed by atoms with Gasteiger partial charge in [-0.2, -0.15) is 0 Å². The highest BCUT2D eigenvalue weighted by molar-refractivity contribution is 9.09. The number of unbranched alkanes of at least 4 members (excludes halogenated alkanes) is 6. The molecule has 1 atom stereocenters. The van der Waals surface area contributed by atoms with Gasteiger partial charge >= 0.3 is 5.97 Å². The van der Waals surface area contributed by atoms with Gasteiger partial charge in [-0.3, -0.25) is 4.79 Å². The number of esters is 1. The maximum absolute atomic E-state index is 11.6. The molecule has 0 spiro atoms. The lowest BCUT2D eigenvalue weighted by Gasteiger charge is -2.22. The van der Waals surface area contributed by atoms with Gasteiger partial charge in [0.1, 0.15) is 0 Å². The summed E-state index contributed by atoms with van der Waals surface area (Å²) in [7, 11) is 0. The molecule has 0 aromatic rings. The molecular formula is C15H27BrO3. The summed E-state index contributed by atoms with van der Waals surface area (Å²) in [6, 6.07) is 0. The molecule has 0 aromatic heterocycles. The Balaban J connectivity index is 1.87. The van der Waals surface area contributed by atoms with Crippen molar-refractivity contribution in [2.24, 2.45) is 0 Å². The Kier molecular flexibility index (Phi) is 10.5. The molecule has 1 rings (SSSR count). The first-order valence-corrected chi connectivity index (χ1v) is 8.82. The lowest BCUT2D eigenvalue weighted by Crippen LogP contribution is -2.25. The van der Waals surface area contributed by atoms with E-state index < -0.39 is 0 Å². The lowest BCUT2D eigenvalue weighted by atomic mass is 10.1. The van der Waals surface area contributed by atoms with E-state index in [2.05, 4.69) is 15.9 Å². The fraction of sp³-hybridized carbons (Fsp3) is 0.933. The molecule has 3 nitrogen and oxygen atoms in total. The van der Waals surface area contributed by atoms with Crippen LogP contribution >= 0.6 is 15.9 Å². The second-order valence-electron chi connectivity index (χ2n) is 5.20. The summed E-state index contributed by atoms with van der Waals surface area (Å²) in [5.41, 5.74) is 0. The standard InChI is InChI=1S/C15H27BrO3/c16-12-8-5-3-1-2-4-6-10-14(17)19-15-11-7-9-13-18-15/h15H,1-13H2. The van der Waals surface area contributed by atoms with E-state index in [0.717, 1.165) is 44.0 Å². The van der Waals surface area contributed by atoms with Crippen LogP contribution in [0.25, 0.3) is 0 Å². The van der Waals surface area contributed by atoms with Crippen molar-refractivity contribution in [2.45, 2.75) is 76.9 Å². The number of carbonyl (C=O) groups is 1. The van der Waals surface area contributed by atoms with Crippen LogP contribution in [0.2, 0.25) is 0 Å². The Hall–Kier alpha value is -0.0900. The van der Waals surface area contributed by atoms with E-state index in [1.54, 1.807) is 0 Å². The summed E-state index contributed by atoms with van der Waals surface area (Å²) in [5, 5.41) is 1.11. The molecule has 0 amide bonds. The average molecular weight is 335 g/mol. The van der Waals surface area contributed by atoms with Crippen molar-refractivity contribution in [2.75, 3.05) is 11.9 Å². The minimum atomic E-state index is -0.273. The maximum Gasteiger partial charge on any atom is 0.308 e. The quantitative estimate of drug-likeness (QED) is 0.333. The Bertz CT molecular complexity index is 227. The molecular weight excluding hydrogens is 308 g/mol. The van der Waals surface area contributed by atoms with Gasteiger partial charge in [-0.25, -0.2) is 0 Å². The van der Waals surface area contributed by atoms with E-state index in [1.165, 1.54) is 32.1 Å². The van der Waals surface area contributed by atoms with Gasteiger partial charge in [0.15, 0.2) is 0 Å². The van der Waals surface area contributed by atoms with E-state index in [4.69, 9.17) is 9.47 Å². The molecule has 0 bridgehead atoms. The summed E-state index contributed by atoms with van der Waals surface area (Å²) < 4.78 is 10.7. The zero-order valence-corrected chi connectivity index (χ0v) is 13.5. The third-order valence-corrected chi connectivity index (χ3v) is 3.98. The van der Waals surface area contributed by atoms with Gasteiger partial charge in [0.25, 0.3) is 0 Å². The largest absolute Gasteiger partial charge is 0.436 e. The monoisotopic (exact) mass is 334 g/mol. The van der Waals surface area contributed by atoms with Gasteiger partial charge in [-0.15, -0.1) is 0 Å². The van der Waals surface area contributed by atoms with Crippen LogP contribution in [0.15, 0.2) is 0 Å². The Morgan fingerprint density at radius 2 is 1.74 bits per heavy atom. The minimum Gasteiger partial charge on any atom is -0.436 e. The topological polar surface area (TPSA) is 35.5 Å².